The fourth-order valence-electron chi connectivity index (χ4n) is 5.76. The van der Waals surface area contributed by atoms with Gasteiger partial charge in [-0.1, -0.05) is 64.1 Å². The minimum Gasteiger partial charge on any atom is -0.460 e. The number of carbonyl (C=O) groups is 2. The molecule has 3 aromatic rings. The highest BCUT2D eigenvalue weighted by Crippen LogP contribution is 2.39. The quantitative estimate of drug-likeness (QED) is 0.177. The summed E-state index contributed by atoms with van der Waals surface area (Å²) >= 11 is 23.2. The number of hydrogen-bond donors (Lipinski definition) is 1. The van der Waals surface area contributed by atoms with Gasteiger partial charge >= 0.3 is 5.97 Å². The Kier molecular flexibility index (Phi) is 11.3. The van der Waals surface area contributed by atoms with Crippen molar-refractivity contribution in [2.75, 3.05) is 24.5 Å². The molecule has 2 atom stereocenters. The first-order valence-electron chi connectivity index (χ1n) is 14.8. The van der Waals surface area contributed by atoms with Crippen molar-refractivity contribution < 1.29 is 14.3 Å². The predicted molar refractivity (Wildman–Crippen MR) is 181 cm³/mol. The Morgan fingerprint density at radius 3 is 2.58 bits per heavy atom. The summed E-state index contributed by atoms with van der Waals surface area (Å²) in [6.45, 7) is 11.7. The fraction of sp³-hybridized carbons (Fsp3) is 0.485. The molecule has 0 aliphatic carbocycles. The smallest absolute Gasteiger partial charge is 0.306 e. The molecule has 1 saturated heterocycles. The highest BCUT2D eigenvalue weighted by atomic mass is 79.9. The second-order valence-corrected chi connectivity index (χ2v) is 14.4. The van der Waals surface area contributed by atoms with Crippen LogP contribution in [0.25, 0.3) is 10.9 Å². The van der Waals surface area contributed by atoms with Gasteiger partial charge in [0.1, 0.15) is 11.4 Å². The summed E-state index contributed by atoms with van der Waals surface area (Å²) in [5, 5.41) is 4.98. The lowest BCUT2D eigenvalue weighted by molar-refractivity contribution is -0.155. The number of ether oxygens (including phenoxy) is 1. The van der Waals surface area contributed by atoms with E-state index < -0.39 is 5.60 Å². The molecule has 10 heteroatoms. The van der Waals surface area contributed by atoms with Gasteiger partial charge in [-0.3, -0.25) is 9.59 Å². The number of halogens is 4. The minimum absolute atomic E-state index is 0.124. The number of hydrogen-bond acceptors (Lipinski definition) is 5. The molecule has 1 aliphatic rings. The van der Waals surface area contributed by atoms with Crippen molar-refractivity contribution in [2.45, 2.75) is 78.2 Å². The Morgan fingerprint density at radius 1 is 1.16 bits per heavy atom. The van der Waals surface area contributed by atoms with Crippen LogP contribution in [-0.2, 0) is 9.53 Å². The molecule has 2 unspecified atom stereocenters. The van der Waals surface area contributed by atoms with E-state index in [0.29, 0.717) is 38.5 Å². The maximum absolute atomic E-state index is 14.1. The van der Waals surface area contributed by atoms with Crippen LogP contribution < -0.4 is 10.2 Å². The molecular weight excluding hydrogens is 673 g/mol. The van der Waals surface area contributed by atoms with Gasteiger partial charge in [0.25, 0.3) is 5.91 Å². The monoisotopic (exact) mass is 709 g/mol. The zero-order valence-electron chi connectivity index (χ0n) is 25.3. The molecule has 1 aliphatic heterocycles. The number of amides is 1. The van der Waals surface area contributed by atoms with E-state index >= 15 is 0 Å². The Labute approximate surface area is 277 Å². The van der Waals surface area contributed by atoms with Gasteiger partial charge in [0.05, 0.1) is 21.1 Å². The van der Waals surface area contributed by atoms with Crippen LogP contribution in [0.2, 0.25) is 15.1 Å². The van der Waals surface area contributed by atoms with E-state index in [4.69, 9.17) is 44.5 Å². The number of fused-ring (bicyclic) bond motifs is 1. The lowest BCUT2D eigenvalue weighted by atomic mass is 9.93. The maximum atomic E-state index is 14.1. The number of carbonyl (C=O) groups excluding carboxylic acids is 2. The molecule has 1 amide bonds. The molecule has 1 aromatic heterocycles. The third kappa shape index (κ3) is 8.36. The molecule has 6 nitrogen and oxygen atoms in total. The summed E-state index contributed by atoms with van der Waals surface area (Å²) < 4.78 is 6.39. The van der Waals surface area contributed by atoms with E-state index in [0.717, 1.165) is 52.7 Å². The summed E-state index contributed by atoms with van der Waals surface area (Å²) in [6, 6.07) is 9.13. The van der Waals surface area contributed by atoms with Crippen molar-refractivity contribution in [2.24, 2.45) is 5.92 Å². The molecule has 43 heavy (non-hydrogen) atoms. The second-order valence-electron chi connectivity index (χ2n) is 12.2. The van der Waals surface area contributed by atoms with Crippen molar-refractivity contribution in [3.8, 4) is 0 Å². The van der Waals surface area contributed by atoms with Crippen LogP contribution in [-0.4, -0.2) is 42.1 Å². The van der Waals surface area contributed by atoms with Crippen LogP contribution in [0.1, 0.15) is 87.2 Å². The average molecular weight is 712 g/mol. The van der Waals surface area contributed by atoms with Crippen molar-refractivity contribution in [3.05, 3.63) is 66.6 Å². The molecule has 2 aromatic carbocycles. The van der Waals surface area contributed by atoms with Crippen LogP contribution in [0.15, 0.2) is 34.8 Å². The van der Waals surface area contributed by atoms with Crippen molar-refractivity contribution >= 4 is 79.3 Å². The molecule has 0 bridgehead atoms. The molecular formula is C33H39BrCl3N3O3. The number of nitrogens with zero attached hydrogens (tertiary/aromatic N) is 2. The molecule has 232 valence electrons. The van der Waals surface area contributed by atoms with E-state index in [1.54, 1.807) is 12.1 Å². The zero-order chi connectivity index (χ0) is 31.5. The number of rotatable bonds is 9. The van der Waals surface area contributed by atoms with Crippen LogP contribution in [0.3, 0.4) is 0 Å². The highest BCUT2D eigenvalue weighted by molar-refractivity contribution is 9.10. The molecule has 4 rings (SSSR count). The van der Waals surface area contributed by atoms with E-state index in [-0.39, 0.29) is 30.8 Å². The Bertz CT molecular complexity index is 1510. The standard InChI is InChI=1S/C33H39BrCl3N3O3/c1-6-20-8-7-15-40(18-20)31-19(2)28(23-16-22(34)10-13-26(23)39-31)32(42)38-17-21(9-14-27(41)43-33(3,4)5)29-24(35)11-12-25(36)30(29)37/h10-13,16,20-21H,6-9,14-15,17-18H2,1-5H3,(H,38,42). The Hall–Kier alpha value is -2.06. The van der Waals surface area contributed by atoms with E-state index in [1.165, 1.54) is 6.42 Å². The molecule has 0 radical (unpaired) electrons. The molecule has 2 heterocycles. The number of esters is 1. The number of pyridine rings is 1. The molecule has 1 N–H and O–H groups in total. The Balaban J connectivity index is 1.68. The van der Waals surface area contributed by atoms with E-state index in [9.17, 15) is 9.59 Å². The maximum Gasteiger partial charge on any atom is 0.306 e. The van der Waals surface area contributed by atoms with Crippen molar-refractivity contribution in [3.63, 3.8) is 0 Å². The van der Waals surface area contributed by atoms with Gasteiger partial charge in [-0.05, 0) is 88.8 Å². The number of nitrogens with one attached hydrogen (secondary N) is 1. The number of anilines is 1. The molecule has 0 saturated carbocycles. The van der Waals surface area contributed by atoms with Gasteiger partial charge in [-0.15, -0.1) is 0 Å². The lowest BCUT2D eigenvalue weighted by Crippen LogP contribution is -2.37. The van der Waals surface area contributed by atoms with E-state index in [2.05, 4.69) is 33.1 Å². The zero-order valence-corrected chi connectivity index (χ0v) is 29.2. The van der Waals surface area contributed by atoms with E-state index in [1.807, 2.05) is 45.9 Å². The van der Waals surface area contributed by atoms with Gasteiger partial charge in [0.15, 0.2) is 0 Å². The van der Waals surface area contributed by atoms with Gasteiger partial charge in [-0.2, -0.15) is 0 Å². The van der Waals surface area contributed by atoms with Crippen LogP contribution in [0, 0.1) is 12.8 Å². The lowest BCUT2D eigenvalue weighted by Gasteiger charge is -2.34. The van der Waals surface area contributed by atoms with Gasteiger partial charge < -0.3 is 15.0 Å². The first kappa shape index (κ1) is 33.8. The molecule has 0 spiro atoms. The Morgan fingerprint density at radius 2 is 1.88 bits per heavy atom. The molecule has 1 fully saturated rings. The summed E-state index contributed by atoms with van der Waals surface area (Å²) in [6.07, 6.45) is 3.90. The van der Waals surface area contributed by atoms with Crippen LogP contribution in [0.4, 0.5) is 5.82 Å². The van der Waals surface area contributed by atoms with Crippen LogP contribution in [0.5, 0.6) is 0 Å². The summed E-state index contributed by atoms with van der Waals surface area (Å²) in [7, 11) is 0. The number of piperidine rings is 1. The summed E-state index contributed by atoms with van der Waals surface area (Å²) in [5.74, 6) is 0.494. The first-order chi connectivity index (χ1) is 20.3. The van der Waals surface area contributed by atoms with Gasteiger partial charge in [0.2, 0.25) is 0 Å². The van der Waals surface area contributed by atoms with Gasteiger partial charge in [0, 0.05) is 52.4 Å². The normalized spacial score (nSPS) is 16.3. The second kappa shape index (κ2) is 14.4. The third-order valence-electron chi connectivity index (χ3n) is 7.90. The average Bonchev–Trinajstić information content (AvgIpc) is 2.94. The highest BCUT2D eigenvalue weighted by Gasteiger charge is 2.28. The summed E-state index contributed by atoms with van der Waals surface area (Å²) in [4.78, 5) is 34.1. The van der Waals surface area contributed by atoms with Crippen molar-refractivity contribution in [1.29, 1.82) is 0 Å². The number of aromatic nitrogens is 1. The first-order valence-corrected chi connectivity index (χ1v) is 16.7. The third-order valence-corrected chi connectivity index (χ3v) is 9.54. The van der Waals surface area contributed by atoms with Crippen LogP contribution >= 0.6 is 50.7 Å². The predicted octanol–water partition coefficient (Wildman–Crippen LogP) is 9.53. The SMILES string of the molecule is CCC1CCCN(c2nc3ccc(Br)cc3c(C(=O)NCC(CCC(=O)OC(C)(C)C)c3c(Cl)ccc(Cl)c3Cl)c2C)C1. The van der Waals surface area contributed by atoms with Crippen molar-refractivity contribution in [1.82, 2.24) is 10.3 Å². The fourth-order valence-corrected chi connectivity index (χ4v) is 6.97. The largest absolute Gasteiger partial charge is 0.460 e. The topological polar surface area (TPSA) is 71.5 Å². The minimum atomic E-state index is -0.608. The number of benzene rings is 2. The van der Waals surface area contributed by atoms with Gasteiger partial charge in [-0.25, -0.2) is 4.98 Å². The summed E-state index contributed by atoms with van der Waals surface area (Å²) in [5.41, 5.74) is 2.16.